The maximum Gasteiger partial charge on any atom is 0.302 e. The van der Waals surface area contributed by atoms with Gasteiger partial charge < -0.3 is 15.0 Å². The molecule has 22 heavy (non-hydrogen) atoms. The molecule has 3 atom stereocenters. The van der Waals surface area contributed by atoms with Crippen molar-refractivity contribution in [3.8, 4) is 0 Å². The first-order valence-electron chi connectivity index (χ1n) is 7.24. The van der Waals surface area contributed by atoms with E-state index in [2.05, 4.69) is 21.9 Å². The summed E-state index contributed by atoms with van der Waals surface area (Å²) in [6.07, 6.45) is 3.63. The summed E-state index contributed by atoms with van der Waals surface area (Å²) in [5, 5.41) is 0.267. The van der Waals surface area contributed by atoms with Crippen molar-refractivity contribution in [3.63, 3.8) is 0 Å². The summed E-state index contributed by atoms with van der Waals surface area (Å²) in [5.74, 6) is 0.668. The van der Waals surface area contributed by atoms with Crippen molar-refractivity contribution in [2.45, 2.75) is 32.7 Å². The van der Waals surface area contributed by atoms with E-state index in [0.717, 1.165) is 12.8 Å². The number of imidazole rings is 1. The number of ether oxygens (including phenoxy) is 1. The highest BCUT2D eigenvalue weighted by Crippen LogP contribution is 2.41. The van der Waals surface area contributed by atoms with Crippen molar-refractivity contribution in [1.82, 2.24) is 19.5 Å². The lowest BCUT2D eigenvalue weighted by Crippen LogP contribution is -2.12. The zero-order valence-corrected chi connectivity index (χ0v) is 13.2. The third-order valence-corrected chi connectivity index (χ3v) is 4.48. The SMILES string of the molecule is CC(=O)OC[C@@H]1C[C@@H](C)[C@H](n2cnc3c(Cl)nc(N)nc32)C1. The van der Waals surface area contributed by atoms with Crippen LogP contribution in [0.15, 0.2) is 6.33 Å². The number of fused-ring (bicyclic) bond motifs is 1. The first-order valence-corrected chi connectivity index (χ1v) is 7.62. The third-order valence-electron chi connectivity index (χ3n) is 4.21. The predicted octanol–water partition coefficient (Wildman–Crippen LogP) is 2.21. The first-order chi connectivity index (χ1) is 10.5. The molecule has 2 N–H and O–H groups in total. The molecule has 0 amide bonds. The first kappa shape index (κ1) is 15.0. The highest BCUT2D eigenvalue weighted by atomic mass is 35.5. The number of hydrogen-bond donors (Lipinski definition) is 1. The second-order valence-electron chi connectivity index (χ2n) is 5.88. The van der Waals surface area contributed by atoms with Crippen molar-refractivity contribution in [2.75, 3.05) is 12.3 Å². The molecule has 3 rings (SSSR count). The maximum absolute atomic E-state index is 11.0. The minimum atomic E-state index is -0.239. The third kappa shape index (κ3) is 2.72. The Labute approximate surface area is 132 Å². The number of aromatic nitrogens is 4. The predicted molar refractivity (Wildman–Crippen MR) is 82.3 cm³/mol. The number of rotatable bonds is 3. The molecule has 0 aliphatic heterocycles. The van der Waals surface area contributed by atoms with E-state index in [-0.39, 0.29) is 23.1 Å². The molecule has 1 fully saturated rings. The van der Waals surface area contributed by atoms with Crippen LogP contribution in [-0.4, -0.2) is 32.1 Å². The van der Waals surface area contributed by atoms with Crippen LogP contribution < -0.4 is 5.73 Å². The number of carbonyl (C=O) groups excluding carboxylic acids is 1. The van der Waals surface area contributed by atoms with Gasteiger partial charge in [0.2, 0.25) is 5.95 Å². The second-order valence-corrected chi connectivity index (χ2v) is 6.24. The molecule has 8 heteroatoms. The van der Waals surface area contributed by atoms with E-state index in [0.29, 0.717) is 29.6 Å². The van der Waals surface area contributed by atoms with E-state index in [9.17, 15) is 4.79 Å². The quantitative estimate of drug-likeness (QED) is 0.687. The average Bonchev–Trinajstić information content (AvgIpc) is 3.00. The molecule has 7 nitrogen and oxygen atoms in total. The van der Waals surface area contributed by atoms with Gasteiger partial charge in [-0.05, 0) is 24.7 Å². The maximum atomic E-state index is 11.0. The number of anilines is 1. The number of halogens is 1. The fourth-order valence-corrected chi connectivity index (χ4v) is 3.47. The number of hydrogen-bond acceptors (Lipinski definition) is 6. The molecule has 0 bridgehead atoms. The average molecular weight is 324 g/mol. The van der Waals surface area contributed by atoms with E-state index in [1.165, 1.54) is 6.92 Å². The van der Waals surface area contributed by atoms with Gasteiger partial charge in [0.15, 0.2) is 10.8 Å². The Bertz CT molecular complexity index is 717. The molecular formula is C14H18ClN5O2. The van der Waals surface area contributed by atoms with Gasteiger partial charge in [0.05, 0.1) is 12.9 Å². The zero-order valence-electron chi connectivity index (χ0n) is 12.5. The number of nitrogen functional groups attached to an aromatic ring is 1. The zero-order chi connectivity index (χ0) is 15.9. The largest absolute Gasteiger partial charge is 0.466 e. The number of nitrogens with zero attached hydrogens (tertiary/aromatic N) is 4. The number of nitrogens with two attached hydrogens (primary N) is 1. The molecule has 0 spiro atoms. The van der Waals surface area contributed by atoms with Gasteiger partial charge in [0.1, 0.15) is 5.52 Å². The Hall–Kier alpha value is -1.89. The van der Waals surface area contributed by atoms with Gasteiger partial charge in [-0.2, -0.15) is 9.97 Å². The van der Waals surface area contributed by atoms with Crippen molar-refractivity contribution >= 4 is 34.7 Å². The van der Waals surface area contributed by atoms with Crippen LogP contribution in [0.4, 0.5) is 5.95 Å². The topological polar surface area (TPSA) is 95.9 Å². The van der Waals surface area contributed by atoms with Crippen molar-refractivity contribution in [1.29, 1.82) is 0 Å². The van der Waals surface area contributed by atoms with Gasteiger partial charge in [-0.3, -0.25) is 4.79 Å². The molecule has 1 aliphatic carbocycles. The van der Waals surface area contributed by atoms with Gasteiger partial charge in [0.25, 0.3) is 0 Å². The fraction of sp³-hybridized carbons (Fsp3) is 0.571. The Kier molecular flexibility index (Phi) is 3.90. The number of carbonyl (C=O) groups is 1. The summed E-state index contributed by atoms with van der Waals surface area (Å²) in [7, 11) is 0. The van der Waals surface area contributed by atoms with Crippen molar-refractivity contribution < 1.29 is 9.53 Å². The summed E-state index contributed by atoms with van der Waals surface area (Å²) in [4.78, 5) is 23.5. The molecule has 2 heterocycles. The molecule has 1 aliphatic rings. The molecule has 0 saturated heterocycles. The molecule has 0 aromatic carbocycles. The highest BCUT2D eigenvalue weighted by Gasteiger charge is 2.34. The van der Waals surface area contributed by atoms with Crippen LogP contribution in [0, 0.1) is 11.8 Å². The molecule has 2 aromatic heterocycles. The van der Waals surface area contributed by atoms with E-state index in [4.69, 9.17) is 22.1 Å². The van der Waals surface area contributed by atoms with E-state index in [1.54, 1.807) is 6.33 Å². The summed E-state index contributed by atoms with van der Waals surface area (Å²) in [6.45, 7) is 4.07. The molecule has 0 unspecified atom stereocenters. The second kappa shape index (κ2) is 5.72. The molecule has 2 aromatic rings. The summed E-state index contributed by atoms with van der Waals surface area (Å²) in [5.41, 5.74) is 6.91. The minimum Gasteiger partial charge on any atom is -0.466 e. The Balaban J connectivity index is 1.87. The lowest BCUT2D eigenvalue weighted by Gasteiger charge is -2.17. The summed E-state index contributed by atoms with van der Waals surface area (Å²) >= 11 is 6.07. The Morgan fingerprint density at radius 1 is 1.50 bits per heavy atom. The molecular weight excluding hydrogens is 306 g/mol. The van der Waals surface area contributed by atoms with Crippen molar-refractivity contribution in [2.24, 2.45) is 11.8 Å². The molecule has 118 valence electrons. The Morgan fingerprint density at radius 3 is 3.00 bits per heavy atom. The lowest BCUT2D eigenvalue weighted by atomic mass is 10.1. The van der Waals surface area contributed by atoms with Gasteiger partial charge in [0, 0.05) is 13.0 Å². The summed E-state index contributed by atoms with van der Waals surface area (Å²) in [6, 6.07) is 0.232. The Morgan fingerprint density at radius 2 is 2.27 bits per heavy atom. The summed E-state index contributed by atoms with van der Waals surface area (Å²) < 4.78 is 7.15. The van der Waals surface area contributed by atoms with E-state index in [1.807, 2.05) is 4.57 Å². The van der Waals surface area contributed by atoms with E-state index >= 15 is 0 Å². The van der Waals surface area contributed by atoms with Crippen LogP contribution in [0.2, 0.25) is 5.15 Å². The van der Waals surface area contributed by atoms with Crippen LogP contribution in [0.25, 0.3) is 11.2 Å². The molecule has 0 radical (unpaired) electrons. The lowest BCUT2D eigenvalue weighted by molar-refractivity contribution is -0.142. The van der Waals surface area contributed by atoms with Crippen LogP contribution in [0.3, 0.4) is 0 Å². The van der Waals surface area contributed by atoms with Gasteiger partial charge >= 0.3 is 5.97 Å². The minimum absolute atomic E-state index is 0.140. The van der Waals surface area contributed by atoms with Crippen LogP contribution in [-0.2, 0) is 9.53 Å². The normalized spacial score (nSPS) is 24.8. The van der Waals surface area contributed by atoms with Gasteiger partial charge in [-0.1, -0.05) is 18.5 Å². The highest BCUT2D eigenvalue weighted by molar-refractivity contribution is 6.33. The van der Waals surface area contributed by atoms with Crippen LogP contribution in [0.5, 0.6) is 0 Å². The standard InChI is InChI=1S/C14H18ClN5O2/c1-7-3-9(5-22-8(2)21)4-10(7)20-6-17-11-12(15)18-14(16)19-13(11)20/h6-7,9-10H,3-5H2,1-2H3,(H2,16,18,19)/t7-,9-,10-/m1/s1. The fourth-order valence-electron chi connectivity index (χ4n) is 3.25. The monoisotopic (exact) mass is 323 g/mol. The van der Waals surface area contributed by atoms with E-state index < -0.39 is 0 Å². The smallest absolute Gasteiger partial charge is 0.302 e. The van der Waals surface area contributed by atoms with Gasteiger partial charge in [-0.15, -0.1) is 0 Å². The molecule has 1 saturated carbocycles. The van der Waals surface area contributed by atoms with Crippen molar-refractivity contribution in [3.05, 3.63) is 11.5 Å². The van der Waals surface area contributed by atoms with Gasteiger partial charge in [-0.25, -0.2) is 4.98 Å². The van der Waals surface area contributed by atoms with Crippen LogP contribution >= 0.6 is 11.6 Å². The van der Waals surface area contributed by atoms with Crippen LogP contribution in [0.1, 0.15) is 32.7 Å². The number of esters is 1.